The van der Waals surface area contributed by atoms with Crippen LogP contribution < -0.4 is 5.73 Å². The number of fused-ring (bicyclic) bond motifs is 1. The van der Waals surface area contributed by atoms with Crippen molar-refractivity contribution in [3.05, 3.63) is 24.3 Å². The molecule has 0 radical (unpaired) electrons. The van der Waals surface area contributed by atoms with Crippen molar-refractivity contribution in [1.82, 2.24) is 4.57 Å². The van der Waals surface area contributed by atoms with E-state index in [1.54, 1.807) is 11.6 Å². The third kappa shape index (κ3) is 1.63. The smallest absolute Gasteiger partial charge is 0.211 e. The summed E-state index contributed by atoms with van der Waals surface area (Å²) in [6, 6.07) is 7.42. The Morgan fingerprint density at radius 2 is 2.12 bits per heavy atom. The largest absolute Gasteiger partial charge is 0.504 e. The van der Waals surface area contributed by atoms with E-state index in [2.05, 4.69) is 22.4 Å². The molecule has 6 heteroatoms. The number of benzene rings is 1. The molecule has 82 valence electrons. The summed E-state index contributed by atoms with van der Waals surface area (Å²) in [6.45, 7) is 0. The molecule has 0 saturated carbocycles. The fourth-order valence-corrected chi connectivity index (χ4v) is 1.61. The summed E-state index contributed by atoms with van der Waals surface area (Å²) in [5.74, 6) is 0.423. The molecule has 2 aromatic rings. The number of hydrogen-bond acceptors (Lipinski definition) is 3. The van der Waals surface area contributed by atoms with Crippen molar-refractivity contribution in [2.75, 3.05) is 0 Å². The van der Waals surface area contributed by atoms with E-state index in [1.165, 1.54) is 0 Å². The number of aromatic nitrogens is 1. The number of aromatic hydroxyl groups is 1. The van der Waals surface area contributed by atoms with Crippen molar-refractivity contribution >= 4 is 34.1 Å². The Morgan fingerprint density at radius 3 is 2.75 bits per heavy atom. The van der Waals surface area contributed by atoms with E-state index in [4.69, 9.17) is 5.73 Å². The van der Waals surface area contributed by atoms with E-state index in [1.807, 2.05) is 24.3 Å². The molecule has 0 aliphatic rings. The second-order valence-corrected chi connectivity index (χ2v) is 3.70. The van der Waals surface area contributed by atoms with Crippen LogP contribution in [0.4, 0.5) is 5.82 Å². The van der Waals surface area contributed by atoms with Gasteiger partial charge in [-0.2, -0.15) is 0 Å². The normalized spacial score (nSPS) is 11.3. The van der Waals surface area contributed by atoms with Gasteiger partial charge in [0.15, 0.2) is 11.6 Å². The zero-order valence-electron chi connectivity index (χ0n) is 8.58. The van der Waals surface area contributed by atoms with Crippen molar-refractivity contribution in [2.45, 2.75) is 0 Å². The third-order valence-electron chi connectivity index (χ3n) is 2.29. The van der Waals surface area contributed by atoms with Crippen LogP contribution in [0.3, 0.4) is 0 Å². The standard InChI is InChI=1S/C10H10N4OS/c1-14-7-5-3-2-4-6(7)8(15)9(14)12-13-10(11)16/h2-5,15H,1H3,(H2,11,16). The van der Waals surface area contributed by atoms with Gasteiger partial charge in [0, 0.05) is 12.4 Å². The van der Waals surface area contributed by atoms with Crippen LogP contribution in [0.2, 0.25) is 0 Å². The van der Waals surface area contributed by atoms with Crippen molar-refractivity contribution in [3.8, 4) is 5.75 Å². The fraction of sp³-hybridized carbons (Fsp3) is 0.100. The van der Waals surface area contributed by atoms with Gasteiger partial charge in [-0.25, -0.2) is 0 Å². The highest BCUT2D eigenvalue weighted by Crippen LogP contribution is 2.37. The van der Waals surface area contributed by atoms with E-state index < -0.39 is 0 Å². The van der Waals surface area contributed by atoms with Gasteiger partial charge in [-0.05, 0) is 24.4 Å². The van der Waals surface area contributed by atoms with Crippen molar-refractivity contribution in [3.63, 3.8) is 0 Å². The van der Waals surface area contributed by atoms with Gasteiger partial charge < -0.3 is 15.4 Å². The minimum absolute atomic E-state index is 0.0651. The van der Waals surface area contributed by atoms with E-state index in [-0.39, 0.29) is 10.9 Å². The minimum Gasteiger partial charge on any atom is -0.504 e. The van der Waals surface area contributed by atoms with Crippen LogP contribution in [-0.4, -0.2) is 14.8 Å². The van der Waals surface area contributed by atoms with Crippen LogP contribution in [0.5, 0.6) is 5.75 Å². The minimum atomic E-state index is -0.0651. The maximum Gasteiger partial charge on any atom is 0.211 e. The van der Waals surface area contributed by atoms with Gasteiger partial charge >= 0.3 is 0 Å². The lowest BCUT2D eigenvalue weighted by molar-refractivity contribution is 0.481. The van der Waals surface area contributed by atoms with Crippen molar-refractivity contribution < 1.29 is 5.11 Å². The number of hydrogen-bond donors (Lipinski definition) is 2. The van der Waals surface area contributed by atoms with Crippen LogP contribution in [0.15, 0.2) is 34.5 Å². The molecule has 0 aliphatic heterocycles. The number of thiocarbonyl (C=S) groups is 1. The quantitative estimate of drug-likeness (QED) is 0.586. The van der Waals surface area contributed by atoms with Crippen LogP contribution in [0, 0.1) is 0 Å². The lowest BCUT2D eigenvalue weighted by atomic mass is 10.2. The van der Waals surface area contributed by atoms with Gasteiger partial charge in [0.25, 0.3) is 0 Å². The molecule has 0 bridgehead atoms. The molecular formula is C10H10N4OS. The van der Waals surface area contributed by atoms with Crippen LogP contribution >= 0.6 is 12.2 Å². The molecule has 0 atom stereocenters. The monoisotopic (exact) mass is 234 g/mol. The number of aryl methyl sites for hydroxylation is 1. The van der Waals surface area contributed by atoms with Gasteiger partial charge in [-0.1, -0.05) is 12.1 Å². The number of nitrogens with zero attached hydrogens (tertiary/aromatic N) is 3. The zero-order valence-corrected chi connectivity index (χ0v) is 9.40. The Bertz CT molecular complexity index is 549. The molecule has 1 aromatic carbocycles. The van der Waals surface area contributed by atoms with E-state index in [9.17, 15) is 5.11 Å². The number of azo groups is 1. The average molecular weight is 234 g/mol. The van der Waals surface area contributed by atoms with E-state index >= 15 is 0 Å². The molecule has 3 N–H and O–H groups in total. The SMILES string of the molecule is Cn1c(N=NC(N)=S)c(O)c2ccccc21. The predicted molar refractivity (Wildman–Crippen MR) is 65.9 cm³/mol. The molecule has 1 aromatic heterocycles. The van der Waals surface area contributed by atoms with Crippen LogP contribution in [-0.2, 0) is 7.05 Å². The van der Waals surface area contributed by atoms with Gasteiger partial charge in [-0.15, -0.1) is 10.2 Å². The van der Waals surface area contributed by atoms with Gasteiger partial charge in [0.1, 0.15) is 0 Å². The molecule has 2 rings (SSSR count). The summed E-state index contributed by atoms with van der Waals surface area (Å²) in [5.41, 5.74) is 6.09. The van der Waals surface area contributed by atoms with E-state index in [0.29, 0.717) is 5.82 Å². The Morgan fingerprint density at radius 1 is 1.44 bits per heavy atom. The molecule has 16 heavy (non-hydrogen) atoms. The first-order chi connectivity index (χ1) is 7.61. The molecule has 0 saturated heterocycles. The zero-order chi connectivity index (χ0) is 11.7. The highest BCUT2D eigenvalue weighted by atomic mass is 32.1. The lowest BCUT2D eigenvalue weighted by Crippen LogP contribution is -2.01. The third-order valence-corrected chi connectivity index (χ3v) is 2.37. The van der Waals surface area contributed by atoms with Crippen molar-refractivity contribution in [2.24, 2.45) is 23.0 Å². The number of para-hydroxylation sites is 1. The Labute approximate surface area is 97.2 Å². The molecule has 0 unspecified atom stereocenters. The average Bonchev–Trinajstić information content (AvgIpc) is 2.50. The summed E-state index contributed by atoms with van der Waals surface area (Å²) in [7, 11) is 1.79. The Balaban J connectivity index is 2.66. The predicted octanol–water partition coefficient (Wildman–Crippen LogP) is 2.21. The number of rotatable bonds is 1. The summed E-state index contributed by atoms with van der Waals surface area (Å²) < 4.78 is 1.73. The Hall–Kier alpha value is -1.95. The fourth-order valence-electron chi connectivity index (χ4n) is 1.57. The topological polar surface area (TPSA) is 75.9 Å². The maximum atomic E-state index is 9.92. The highest BCUT2D eigenvalue weighted by molar-refractivity contribution is 7.80. The summed E-state index contributed by atoms with van der Waals surface area (Å²) >= 11 is 4.59. The summed E-state index contributed by atoms with van der Waals surface area (Å²) in [5, 5.41) is 18.0. The van der Waals surface area contributed by atoms with Crippen molar-refractivity contribution in [1.29, 1.82) is 0 Å². The van der Waals surface area contributed by atoms with Crippen LogP contribution in [0.25, 0.3) is 10.9 Å². The number of nitrogens with two attached hydrogens (primary N) is 1. The second kappa shape index (κ2) is 3.90. The lowest BCUT2D eigenvalue weighted by Gasteiger charge is -1.96. The first-order valence-electron chi connectivity index (χ1n) is 4.59. The second-order valence-electron chi connectivity index (χ2n) is 3.29. The maximum absolute atomic E-state index is 9.92. The van der Waals surface area contributed by atoms with Gasteiger partial charge in [0.05, 0.1) is 5.52 Å². The highest BCUT2D eigenvalue weighted by Gasteiger charge is 2.12. The molecular weight excluding hydrogens is 224 g/mol. The molecule has 0 amide bonds. The summed E-state index contributed by atoms with van der Waals surface area (Å²) in [6.07, 6.45) is 0. The summed E-state index contributed by atoms with van der Waals surface area (Å²) in [4.78, 5) is 0. The Kier molecular flexibility index (Phi) is 2.57. The molecule has 0 fully saturated rings. The van der Waals surface area contributed by atoms with Crippen LogP contribution in [0.1, 0.15) is 0 Å². The molecule has 1 heterocycles. The molecule has 0 spiro atoms. The van der Waals surface area contributed by atoms with E-state index in [0.717, 1.165) is 10.9 Å². The van der Waals surface area contributed by atoms with Gasteiger partial charge in [0.2, 0.25) is 5.11 Å². The first-order valence-corrected chi connectivity index (χ1v) is 4.99. The molecule has 5 nitrogen and oxygen atoms in total. The first kappa shape index (κ1) is 10.6. The molecule has 0 aliphatic carbocycles. The van der Waals surface area contributed by atoms with Gasteiger partial charge in [-0.3, -0.25) is 0 Å².